The molecule has 3 N–H and O–H groups in total. The van der Waals surface area contributed by atoms with Crippen molar-refractivity contribution < 1.29 is 19.7 Å². The zero-order chi connectivity index (χ0) is 28.7. The zero-order valence-electron chi connectivity index (χ0n) is 25.2. The average molecular weight is 550 g/mol. The van der Waals surface area contributed by atoms with Gasteiger partial charge in [-0.1, -0.05) is 70.6 Å². The molecule has 0 spiro atoms. The molecule has 1 aromatic rings. The lowest BCUT2D eigenvalue weighted by Crippen LogP contribution is -2.39. The molecule has 1 aromatic heterocycles. The van der Waals surface area contributed by atoms with Gasteiger partial charge < -0.3 is 19.7 Å². The van der Waals surface area contributed by atoms with Gasteiger partial charge in [-0.2, -0.15) is 0 Å². The van der Waals surface area contributed by atoms with E-state index in [1.807, 2.05) is 12.3 Å². The fourth-order valence-corrected chi connectivity index (χ4v) is 8.34. The molecular weight excluding hydrogens is 498 g/mol. The van der Waals surface area contributed by atoms with E-state index < -0.39 is 18.3 Å². The molecule has 5 heteroatoms. The molecule has 0 amide bonds. The number of aromatic nitrogens is 1. The molecule has 0 unspecified atom stereocenters. The second-order valence-corrected chi connectivity index (χ2v) is 14.1. The van der Waals surface area contributed by atoms with Crippen molar-refractivity contribution in [2.45, 2.75) is 128 Å². The van der Waals surface area contributed by atoms with Crippen LogP contribution in [0.3, 0.4) is 0 Å². The third kappa shape index (κ3) is 5.58. The van der Waals surface area contributed by atoms with E-state index >= 15 is 0 Å². The number of nitrogens with zero attached hydrogens (tertiary/aromatic N) is 1. The predicted octanol–water partition coefficient (Wildman–Crippen LogP) is 7.13. The van der Waals surface area contributed by atoms with Crippen LogP contribution >= 0.6 is 0 Å². The summed E-state index contributed by atoms with van der Waals surface area (Å²) in [6.07, 6.45) is 20.6. The molecule has 220 valence electrons. The predicted molar refractivity (Wildman–Crippen MR) is 160 cm³/mol. The van der Waals surface area contributed by atoms with E-state index in [1.165, 1.54) is 31.3 Å². The SMILES string of the molecule is C=C1C(=CC=C2CCC[C@]3(C)[C@@H](C(C)(C)C=C[C@@H](O)C4(c5ncc(CCCC)o5)CC4)CC[C@@H]23)C[C@@H](O)C[C@@H]1O. The van der Waals surface area contributed by atoms with Crippen molar-refractivity contribution in [3.05, 3.63) is 65.5 Å². The van der Waals surface area contributed by atoms with Crippen LogP contribution in [0.2, 0.25) is 0 Å². The highest BCUT2D eigenvalue weighted by atomic mass is 16.4. The van der Waals surface area contributed by atoms with Crippen LogP contribution in [0.5, 0.6) is 0 Å². The molecule has 4 fully saturated rings. The number of hydrogen-bond donors (Lipinski definition) is 3. The molecule has 4 aliphatic rings. The van der Waals surface area contributed by atoms with Crippen molar-refractivity contribution in [2.75, 3.05) is 0 Å². The zero-order valence-corrected chi connectivity index (χ0v) is 25.2. The van der Waals surface area contributed by atoms with E-state index in [-0.39, 0.29) is 16.2 Å². The van der Waals surface area contributed by atoms with Gasteiger partial charge in [0.05, 0.1) is 29.9 Å². The van der Waals surface area contributed by atoms with Gasteiger partial charge in [0, 0.05) is 12.8 Å². The van der Waals surface area contributed by atoms with Crippen molar-refractivity contribution in [3.63, 3.8) is 0 Å². The third-order valence-electron chi connectivity index (χ3n) is 10.9. The van der Waals surface area contributed by atoms with E-state index in [9.17, 15) is 15.3 Å². The Bertz CT molecular complexity index is 1170. The first-order valence-corrected chi connectivity index (χ1v) is 15.8. The number of aryl methyl sites for hydroxylation is 1. The smallest absolute Gasteiger partial charge is 0.203 e. The number of rotatable bonds is 9. The van der Waals surface area contributed by atoms with Crippen LogP contribution < -0.4 is 0 Å². The van der Waals surface area contributed by atoms with Crippen molar-refractivity contribution in [1.82, 2.24) is 4.98 Å². The van der Waals surface area contributed by atoms with Crippen molar-refractivity contribution in [3.8, 4) is 0 Å². The minimum absolute atomic E-state index is 0.0454. The number of aliphatic hydroxyl groups is 3. The molecule has 5 rings (SSSR count). The van der Waals surface area contributed by atoms with Gasteiger partial charge in [0.15, 0.2) is 0 Å². The molecule has 0 aliphatic heterocycles. The highest BCUT2D eigenvalue weighted by Gasteiger charge is 2.55. The van der Waals surface area contributed by atoms with E-state index in [1.54, 1.807) is 0 Å². The maximum atomic E-state index is 11.3. The molecule has 0 saturated heterocycles. The monoisotopic (exact) mass is 549 g/mol. The normalized spacial score (nSPS) is 35.0. The van der Waals surface area contributed by atoms with Crippen LogP contribution in [0, 0.1) is 22.7 Å². The summed E-state index contributed by atoms with van der Waals surface area (Å²) >= 11 is 0. The Morgan fingerprint density at radius 3 is 2.70 bits per heavy atom. The Hall–Kier alpha value is -1.95. The minimum Gasteiger partial charge on any atom is -0.445 e. The summed E-state index contributed by atoms with van der Waals surface area (Å²) in [5.74, 6) is 2.70. The molecule has 0 radical (unpaired) electrons. The first kappa shape index (κ1) is 29.5. The Kier molecular flexibility index (Phi) is 8.40. The van der Waals surface area contributed by atoms with Gasteiger partial charge >= 0.3 is 0 Å². The Labute approximate surface area is 241 Å². The van der Waals surface area contributed by atoms with Crippen LogP contribution in [-0.2, 0) is 11.8 Å². The second-order valence-electron chi connectivity index (χ2n) is 14.1. The van der Waals surface area contributed by atoms with Crippen molar-refractivity contribution in [2.24, 2.45) is 22.7 Å². The number of oxazole rings is 1. The van der Waals surface area contributed by atoms with Crippen LogP contribution in [0.15, 0.2) is 58.2 Å². The van der Waals surface area contributed by atoms with E-state index in [0.29, 0.717) is 30.6 Å². The van der Waals surface area contributed by atoms with Gasteiger partial charge in [0.25, 0.3) is 0 Å². The van der Waals surface area contributed by atoms with Crippen molar-refractivity contribution in [1.29, 1.82) is 0 Å². The average Bonchev–Trinajstić information content (AvgIpc) is 3.43. The first-order chi connectivity index (χ1) is 19.0. The van der Waals surface area contributed by atoms with Gasteiger partial charge in [-0.25, -0.2) is 4.98 Å². The number of fused-ring (bicyclic) bond motifs is 1. The maximum Gasteiger partial charge on any atom is 0.203 e. The Morgan fingerprint density at radius 2 is 1.98 bits per heavy atom. The molecule has 0 aromatic carbocycles. The number of hydrogen-bond acceptors (Lipinski definition) is 5. The highest BCUT2D eigenvalue weighted by molar-refractivity contribution is 5.39. The quantitative estimate of drug-likeness (QED) is 0.285. The molecule has 4 aliphatic carbocycles. The summed E-state index contributed by atoms with van der Waals surface area (Å²) in [6, 6.07) is 0. The standard InChI is InChI=1S/C35H51NO4/c1-6-7-10-27-22-36-32(40-27)35(18-19-35)31(39)15-17-33(3,4)30-14-13-28-24(9-8-16-34(28,30)5)11-12-25-20-26(37)21-29(38)23(25)2/h11-12,15,17,22,26,28-31,37-39H,2,6-10,13-14,16,18-21H2,1,3-5H3/t26-,28+,29+,30-,31-,34+/m1/s1. The van der Waals surface area contributed by atoms with Crippen LogP contribution in [0.25, 0.3) is 0 Å². The summed E-state index contributed by atoms with van der Waals surface area (Å²) < 4.78 is 6.10. The van der Waals surface area contributed by atoms with Gasteiger partial charge in [0.1, 0.15) is 5.76 Å². The topological polar surface area (TPSA) is 86.7 Å². The van der Waals surface area contributed by atoms with Crippen LogP contribution in [0.4, 0.5) is 0 Å². The van der Waals surface area contributed by atoms with Crippen LogP contribution in [-0.4, -0.2) is 38.6 Å². The van der Waals surface area contributed by atoms with E-state index in [4.69, 9.17) is 4.42 Å². The molecule has 0 bridgehead atoms. The minimum atomic E-state index is -0.648. The summed E-state index contributed by atoms with van der Waals surface area (Å²) in [7, 11) is 0. The van der Waals surface area contributed by atoms with Gasteiger partial charge in [-0.3, -0.25) is 0 Å². The lowest BCUT2D eigenvalue weighted by atomic mass is 9.57. The van der Waals surface area contributed by atoms with Gasteiger partial charge in [-0.15, -0.1) is 0 Å². The molecule has 6 atom stereocenters. The summed E-state index contributed by atoms with van der Waals surface area (Å²) in [5.41, 5.74) is 3.04. The summed E-state index contributed by atoms with van der Waals surface area (Å²) in [6.45, 7) is 13.4. The maximum absolute atomic E-state index is 11.3. The molecule has 40 heavy (non-hydrogen) atoms. The van der Waals surface area contributed by atoms with E-state index in [2.05, 4.69) is 57.5 Å². The Morgan fingerprint density at radius 1 is 1.20 bits per heavy atom. The third-order valence-corrected chi connectivity index (χ3v) is 10.9. The van der Waals surface area contributed by atoms with Gasteiger partial charge in [0.2, 0.25) is 5.89 Å². The lowest BCUT2D eigenvalue weighted by Gasteiger charge is -2.47. The number of unbranched alkanes of at least 4 members (excludes halogenated alkanes) is 1. The fourth-order valence-electron chi connectivity index (χ4n) is 8.34. The van der Waals surface area contributed by atoms with Crippen molar-refractivity contribution >= 4 is 0 Å². The Balaban J connectivity index is 1.30. The largest absolute Gasteiger partial charge is 0.445 e. The second kappa shape index (κ2) is 11.4. The number of aliphatic hydroxyl groups excluding tert-OH is 3. The molecule has 5 nitrogen and oxygen atoms in total. The van der Waals surface area contributed by atoms with Gasteiger partial charge in [-0.05, 0) is 91.6 Å². The first-order valence-electron chi connectivity index (χ1n) is 15.8. The fraction of sp³-hybridized carbons (Fsp3) is 0.686. The summed E-state index contributed by atoms with van der Waals surface area (Å²) in [4.78, 5) is 4.58. The molecule has 1 heterocycles. The van der Waals surface area contributed by atoms with Crippen LogP contribution in [0.1, 0.15) is 110 Å². The van der Waals surface area contributed by atoms with E-state index in [0.717, 1.165) is 55.4 Å². The highest BCUT2D eigenvalue weighted by Crippen LogP contribution is 2.62. The lowest BCUT2D eigenvalue weighted by molar-refractivity contribution is 0.0705. The molecular formula is C35H51NO4. The number of allylic oxidation sites excluding steroid dienone is 4. The molecule has 4 saturated carbocycles. The summed E-state index contributed by atoms with van der Waals surface area (Å²) in [5, 5.41) is 31.8.